The summed E-state index contributed by atoms with van der Waals surface area (Å²) in [6, 6.07) is 16.4. The number of furan rings is 1. The highest BCUT2D eigenvalue weighted by atomic mass is 16.5. The van der Waals surface area contributed by atoms with E-state index >= 15 is 0 Å². The maximum Gasteiger partial charge on any atom is 0.374 e. The first-order valence-electron chi connectivity index (χ1n) is 9.07. The smallest absolute Gasteiger partial charge is 0.374 e. The van der Waals surface area contributed by atoms with Crippen LogP contribution in [0.4, 0.5) is 11.4 Å². The number of morpholine rings is 1. The molecule has 1 aliphatic heterocycles. The Balaban J connectivity index is 1.29. The Morgan fingerprint density at radius 2 is 1.79 bits per heavy atom. The molecule has 0 unspecified atom stereocenters. The predicted octanol–water partition coefficient (Wildman–Crippen LogP) is 3.06. The summed E-state index contributed by atoms with van der Waals surface area (Å²) in [4.78, 5) is 26.4. The lowest BCUT2D eigenvalue weighted by molar-refractivity contribution is -0.119. The summed E-state index contributed by atoms with van der Waals surface area (Å²) in [6.07, 6.45) is 0. The summed E-state index contributed by atoms with van der Waals surface area (Å²) in [5.74, 6) is -1.01. The van der Waals surface area contributed by atoms with Crippen LogP contribution in [-0.2, 0) is 14.3 Å². The van der Waals surface area contributed by atoms with E-state index in [0.717, 1.165) is 37.4 Å². The van der Waals surface area contributed by atoms with Crippen molar-refractivity contribution in [2.45, 2.75) is 0 Å². The average Bonchev–Trinajstić information content (AvgIpc) is 3.18. The van der Waals surface area contributed by atoms with Gasteiger partial charge in [-0.3, -0.25) is 4.79 Å². The van der Waals surface area contributed by atoms with E-state index in [1.807, 2.05) is 42.5 Å². The molecule has 144 valence electrons. The van der Waals surface area contributed by atoms with E-state index in [2.05, 4.69) is 10.2 Å². The SMILES string of the molecule is O=C(COC(=O)c1cc2ccccc2o1)Nc1ccc(N2CCOCC2)cc1. The van der Waals surface area contributed by atoms with E-state index in [4.69, 9.17) is 13.9 Å². The highest BCUT2D eigenvalue weighted by molar-refractivity contribution is 5.96. The van der Waals surface area contributed by atoms with Gasteiger partial charge in [0, 0.05) is 29.9 Å². The molecule has 1 aliphatic rings. The molecule has 0 bridgehead atoms. The van der Waals surface area contributed by atoms with Gasteiger partial charge in [0.15, 0.2) is 6.61 Å². The monoisotopic (exact) mass is 380 g/mol. The van der Waals surface area contributed by atoms with Crippen LogP contribution < -0.4 is 10.2 Å². The van der Waals surface area contributed by atoms with Gasteiger partial charge in [0.05, 0.1) is 13.2 Å². The number of nitrogens with one attached hydrogen (secondary N) is 1. The molecule has 0 radical (unpaired) electrons. The Labute approximate surface area is 161 Å². The number of nitrogens with zero attached hydrogens (tertiary/aromatic N) is 1. The fraction of sp³-hybridized carbons (Fsp3) is 0.238. The molecule has 3 aromatic rings. The zero-order valence-corrected chi connectivity index (χ0v) is 15.2. The van der Waals surface area contributed by atoms with Crippen LogP contribution in [0.2, 0.25) is 0 Å². The Morgan fingerprint density at radius 1 is 1.04 bits per heavy atom. The molecule has 2 heterocycles. The quantitative estimate of drug-likeness (QED) is 0.685. The van der Waals surface area contributed by atoms with E-state index in [-0.39, 0.29) is 12.4 Å². The van der Waals surface area contributed by atoms with Crippen LogP contribution in [0.5, 0.6) is 0 Å². The van der Waals surface area contributed by atoms with Crippen LogP contribution in [0.3, 0.4) is 0 Å². The molecular formula is C21H20N2O5. The number of hydrogen-bond donors (Lipinski definition) is 1. The van der Waals surface area contributed by atoms with Crippen molar-refractivity contribution in [3.63, 3.8) is 0 Å². The first-order valence-corrected chi connectivity index (χ1v) is 9.07. The minimum Gasteiger partial charge on any atom is -0.450 e. The van der Waals surface area contributed by atoms with Crippen molar-refractivity contribution in [2.75, 3.05) is 43.1 Å². The molecule has 2 aromatic carbocycles. The molecule has 4 rings (SSSR count). The Kier molecular flexibility index (Phi) is 5.25. The highest BCUT2D eigenvalue weighted by Gasteiger charge is 2.16. The Morgan fingerprint density at radius 3 is 2.54 bits per heavy atom. The number of esters is 1. The van der Waals surface area contributed by atoms with Crippen molar-refractivity contribution in [1.82, 2.24) is 0 Å². The highest BCUT2D eigenvalue weighted by Crippen LogP contribution is 2.20. The largest absolute Gasteiger partial charge is 0.450 e. The number of benzene rings is 2. The number of hydrogen-bond acceptors (Lipinski definition) is 6. The second-order valence-corrected chi connectivity index (χ2v) is 6.42. The zero-order chi connectivity index (χ0) is 19.3. The second kappa shape index (κ2) is 8.14. The number of carbonyl (C=O) groups is 2. The topological polar surface area (TPSA) is 81.0 Å². The predicted molar refractivity (Wildman–Crippen MR) is 105 cm³/mol. The molecule has 0 aliphatic carbocycles. The molecule has 7 nitrogen and oxygen atoms in total. The molecule has 1 fully saturated rings. The summed E-state index contributed by atoms with van der Waals surface area (Å²) in [5.41, 5.74) is 2.32. The van der Waals surface area contributed by atoms with Gasteiger partial charge in [-0.25, -0.2) is 4.79 Å². The molecular weight excluding hydrogens is 360 g/mol. The number of rotatable bonds is 5. The lowest BCUT2D eigenvalue weighted by atomic mass is 10.2. The van der Waals surface area contributed by atoms with Gasteiger partial charge in [-0.05, 0) is 36.4 Å². The van der Waals surface area contributed by atoms with Gasteiger partial charge in [-0.1, -0.05) is 18.2 Å². The molecule has 28 heavy (non-hydrogen) atoms. The van der Waals surface area contributed by atoms with Gasteiger partial charge in [0.1, 0.15) is 5.58 Å². The van der Waals surface area contributed by atoms with Crippen LogP contribution in [0, 0.1) is 0 Å². The van der Waals surface area contributed by atoms with E-state index < -0.39 is 11.9 Å². The minimum atomic E-state index is -0.672. The van der Waals surface area contributed by atoms with Crippen LogP contribution in [-0.4, -0.2) is 44.8 Å². The van der Waals surface area contributed by atoms with Gasteiger partial charge >= 0.3 is 5.97 Å². The molecule has 0 atom stereocenters. The summed E-state index contributed by atoms with van der Waals surface area (Å²) < 4.78 is 15.8. The van der Waals surface area contributed by atoms with E-state index in [1.165, 1.54) is 0 Å². The summed E-state index contributed by atoms with van der Waals surface area (Å²) in [5, 5.41) is 3.52. The van der Waals surface area contributed by atoms with Crippen molar-refractivity contribution >= 4 is 34.2 Å². The normalized spacial score (nSPS) is 14.1. The molecule has 7 heteroatoms. The number of ether oxygens (including phenoxy) is 2. The van der Waals surface area contributed by atoms with E-state index in [0.29, 0.717) is 11.3 Å². The number of para-hydroxylation sites is 1. The van der Waals surface area contributed by atoms with Crippen molar-refractivity contribution < 1.29 is 23.5 Å². The lowest BCUT2D eigenvalue weighted by Gasteiger charge is -2.28. The third-order valence-electron chi connectivity index (χ3n) is 4.49. The first kappa shape index (κ1) is 18.1. The van der Waals surface area contributed by atoms with Crippen LogP contribution in [0.1, 0.15) is 10.6 Å². The summed E-state index contributed by atoms with van der Waals surface area (Å²) in [7, 11) is 0. The van der Waals surface area contributed by atoms with Crippen molar-refractivity contribution in [3.8, 4) is 0 Å². The van der Waals surface area contributed by atoms with E-state index in [9.17, 15) is 9.59 Å². The number of fused-ring (bicyclic) bond motifs is 1. The third-order valence-corrected chi connectivity index (χ3v) is 4.49. The molecule has 1 N–H and O–H groups in total. The van der Waals surface area contributed by atoms with Crippen molar-refractivity contribution in [1.29, 1.82) is 0 Å². The van der Waals surface area contributed by atoms with Crippen molar-refractivity contribution in [2.24, 2.45) is 0 Å². The van der Waals surface area contributed by atoms with Crippen LogP contribution in [0.25, 0.3) is 11.0 Å². The molecule has 1 amide bonds. The third kappa shape index (κ3) is 4.15. The van der Waals surface area contributed by atoms with Gasteiger partial charge in [-0.15, -0.1) is 0 Å². The van der Waals surface area contributed by atoms with E-state index in [1.54, 1.807) is 12.1 Å². The Hall–Kier alpha value is -3.32. The van der Waals surface area contributed by atoms with Gasteiger partial charge in [0.2, 0.25) is 5.76 Å². The lowest BCUT2D eigenvalue weighted by Crippen LogP contribution is -2.36. The summed E-state index contributed by atoms with van der Waals surface area (Å²) in [6.45, 7) is 2.75. The first-order chi connectivity index (χ1) is 13.7. The zero-order valence-electron chi connectivity index (χ0n) is 15.2. The standard InChI is InChI=1S/C21H20N2O5/c24-20(14-27-21(25)19-13-15-3-1-2-4-18(15)28-19)22-16-5-7-17(8-6-16)23-9-11-26-12-10-23/h1-8,13H,9-12,14H2,(H,22,24). The summed E-state index contributed by atoms with van der Waals surface area (Å²) >= 11 is 0. The number of carbonyl (C=O) groups excluding carboxylic acids is 2. The number of amides is 1. The maximum absolute atomic E-state index is 12.1. The molecule has 1 aromatic heterocycles. The molecule has 1 saturated heterocycles. The Bertz CT molecular complexity index is 941. The molecule has 0 saturated carbocycles. The van der Waals surface area contributed by atoms with Crippen LogP contribution >= 0.6 is 0 Å². The number of anilines is 2. The van der Waals surface area contributed by atoms with Crippen LogP contribution in [0.15, 0.2) is 59.0 Å². The fourth-order valence-electron chi connectivity index (χ4n) is 3.06. The van der Waals surface area contributed by atoms with Crippen molar-refractivity contribution in [3.05, 3.63) is 60.4 Å². The maximum atomic E-state index is 12.1. The fourth-order valence-corrected chi connectivity index (χ4v) is 3.06. The second-order valence-electron chi connectivity index (χ2n) is 6.42. The van der Waals surface area contributed by atoms with Gasteiger partial charge in [-0.2, -0.15) is 0 Å². The minimum absolute atomic E-state index is 0.0730. The average molecular weight is 380 g/mol. The van der Waals surface area contributed by atoms with Gasteiger partial charge < -0.3 is 24.1 Å². The molecule has 0 spiro atoms. The van der Waals surface area contributed by atoms with Gasteiger partial charge in [0.25, 0.3) is 5.91 Å².